The largest absolute Gasteiger partial charge is 0.501 e. The summed E-state index contributed by atoms with van der Waals surface area (Å²) in [6.07, 6.45) is -0.379. The SMILES string of the molecule is NC(=O)Cc1nc(N2CCOCC2)cc(=O)n1-c1cccc([N+](=O)[O-])c1O. The van der Waals surface area contributed by atoms with Crippen molar-refractivity contribution in [1.82, 2.24) is 9.55 Å². The number of hydrogen-bond acceptors (Lipinski definition) is 8. The van der Waals surface area contributed by atoms with E-state index in [4.69, 9.17) is 10.5 Å². The zero-order chi connectivity index (χ0) is 19.6. The molecule has 11 heteroatoms. The second-order valence-electron chi connectivity index (χ2n) is 5.85. The molecule has 11 nitrogen and oxygen atoms in total. The second-order valence-corrected chi connectivity index (χ2v) is 5.85. The maximum atomic E-state index is 12.8. The summed E-state index contributed by atoms with van der Waals surface area (Å²) >= 11 is 0. The maximum absolute atomic E-state index is 12.8. The van der Waals surface area contributed by atoms with Crippen LogP contribution in [0, 0.1) is 10.1 Å². The average molecular weight is 375 g/mol. The molecule has 1 saturated heterocycles. The molecule has 1 fully saturated rings. The fraction of sp³-hybridized carbons (Fsp3) is 0.312. The fourth-order valence-electron chi connectivity index (χ4n) is 2.85. The summed E-state index contributed by atoms with van der Waals surface area (Å²) in [5, 5.41) is 21.3. The summed E-state index contributed by atoms with van der Waals surface area (Å²) in [6, 6.07) is 5.00. The van der Waals surface area contributed by atoms with E-state index in [2.05, 4.69) is 4.98 Å². The van der Waals surface area contributed by atoms with Crippen molar-refractivity contribution in [2.45, 2.75) is 6.42 Å². The van der Waals surface area contributed by atoms with Gasteiger partial charge >= 0.3 is 5.69 Å². The number of nitro benzene ring substituents is 1. The highest BCUT2D eigenvalue weighted by Crippen LogP contribution is 2.32. The van der Waals surface area contributed by atoms with Crippen LogP contribution in [0.2, 0.25) is 0 Å². The third-order valence-corrected chi connectivity index (χ3v) is 4.07. The Morgan fingerprint density at radius 2 is 2.07 bits per heavy atom. The first-order valence-corrected chi connectivity index (χ1v) is 8.09. The Balaban J connectivity index is 2.17. The quantitative estimate of drug-likeness (QED) is 0.534. The molecule has 0 atom stereocenters. The predicted octanol–water partition coefficient (Wildman–Crippen LogP) is -0.289. The number of nitro groups is 1. The predicted molar refractivity (Wildman–Crippen MR) is 94.1 cm³/mol. The van der Waals surface area contributed by atoms with Gasteiger partial charge in [-0.1, -0.05) is 6.07 Å². The zero-order valence-corrected chi connectivity index (χ0v) is 14.2. The number of phenols is 1. The monoisotopic (exact) mass is 375 g/mol. The van der Waals surface area contributed by atoms with Gasteiger partial charge in [0.25, 0.3) is 5.56 Å². The molecule has 0 bridgehead atoms. The molecule has 3 rings (SSSR count). The van der Waals surface area contributed by atoms with Crippen LogP contribution in [-0.4, -0.2) is 51.8 Å². The van der Waals surface area contributed by atoms with Crippen molar-refractivity contribution in [3.05, 3.63) is 50.6 Å². The van der Waals surface area contributed by atoms with Gasteiger partial charge in [0.15, 0.2) is 0 Å². The lowest BCUT2D eigenvalue weighted by Crippen LogP contribution is -2.38. The maximum Gasteiger partial charge on any atom is 0.312 e. The van der Waals surface area contributed by atoms with Crippen LogP contribution in [0.25, 0.3) is 5.69 Å². The number of para-hydroxylation sites is 1. The molecule has 1 aromatic heterocycles. The lowest BCUT2D eigenvalue weighted by atomic mass is 10.2. The fourth-order valence-corrected chi connectivity index (χ4v) is 2.85. The number of hydrogen-bond donors (Lipinski definition) is 2. The number of aromatic hydroxyl groups is 1. The van der Waals surface area contributed by atoms with Crippen molar-refractivity contribution in [2.24, 2.45) is 5.73 Å². The third-order valence-electron chi connectivity index (χ3n) is 4.07. The van der Waals surface area contributed by atoms with E-state index >= 15 is 0 Å². The summed E-state index contributed by atoms with van der Waals surface area (Å²) in [5.74, 6) is -1.11. The molecular formula is C16H17N5O6. The minimum absolute atomic E-state index is 0.0210. The number of anilines is 1. The molecule has 2 aromatic rings. The van der Waals surface area contributed by atoms with E-state index in [-0.39, 0.29) is 17.9 Å². The van der Waals surface area contributed by atoms with Crippen molar-refractivity contribution < 1.29 is 19.6 Å². The Morgan fingerprint density at radius 3 is 2.70 bits per heavy atom. The highest BCUT2D eigenvalue weighted by Gasteiger charge is 2.23. The summed E-state index contributed by atoms with van der Waals surface area (Å²) in [4.78, 5) is 40.7. The van der Waals surface area contributed by atoms with Gasteiger partial charge in [-0.05, 0) is 6.07 Å². The summed E-state index contributed by atoms with van der Waals surface area (Å²) < 4.78 is 6.22. The van der Waals surface area contributed by atoms with Crippen LogP contribution in [0.15, 0.2) is 29.1 Å². The number of nitrogens with two attached hydrogens (primary N) is 1. The van der Waals surface area contributed by atoms with Gasteiger partial charge in [-0.15, -0.1) is 0 Å². The number of morpholine rings is 1. The first-order chi connectivity index (χ1) is 12.9. The number of nitrogens with zero attached hydrogens (tertiary/aromatic N) is 4. The number of rotatable bonds is 5. The van der Waals surface area contributed by atoms with Crippen molar-refractivity contribution in [3.63, 3.8) is 0 Å². The standard InChI is InChI=1S/C16H17N5O6/c17-12(22)8-14-18-13(19-4-6-27-7-5-19)9-15(23)20(14)10-2-1-3-11(16(10)24)21(25)26/h1-3,9,24H,4-8H2,(H2,17,22). The van der Waals surface area contributed by atoms with Gasteiger partial charge in [0, 0.05) is 25.2 Å². The summed E-state index contributed by atoms with van der Waals surface area (Å²) in [5.41, 5.74) is 3.95. The number of phenolic OH excluding ortho intramolecular Hbond substituents is 1. The number of aromatic nitrogens is 2. The van der Waals surface area contributed by atoms with Gasteiger partial charge < -0.3 is 20.5 Å². The van der Waals surface area contributed by atoms with Gasteiger partial charge in [0.2, 0.25) is 11.7 Å². The van der Waals surface area contributed by atoms with Crippen LogP contribution in [0.3, 0.4) is 0 Å². The molecule has 0 saturated carbocycles. The second kappa shape index (κ2) is 7.41. The van der Waals surface area contributed by atoms with E-state index in [0.717, 1.165) is 10.6 Å². The molecule has 1 aromatic carbocycles. The smallest absolute Gasteiger partial charge is 0.312 e. The topological polar surface area (TPSA) is 154 Å². The first kappa shape index (κ1) is 18.3. The Bertz CT molecular complexity index is 951. The summed E-state index contributed by atoms with van der Waals surface area (Å²) in [6.45, 7) is 1.99. The lowest BCUT2D eigenvalue weighted by Gasteiger charge is -2.28. The van der Waals surface area contributed by atoms with Crippen LogP contribution in [-0.2, 0) is 16.0 Å². The van der Waals surface area contributed by atoms with Crippen LogP contribution < -0.4 is 16.2 Å². The number of carbonyl (C=O) groups excluding carboxylic acids is 1. The van der Waals surface area contributed by atoms with E-state index in [0.29, 0.717) is 32.1 Å². The van der Waals surface area contributed by atoms with Crippen LogP contribution in [0.1, 0.15) is 5.82 Å². The molecule has 1 aliphatic heterocycles. The molecule has 0 aliphatic carbocycles. The summed E-state index contributed by atoms with van der Waals surface area (Å²) in [7, 11) is 0. The highest BCUT2D eigenvalue weighted by atomic mass is 16.6. The molecule has 2 heterocycles. The van der Waals surface area contributed by atoms with Crippen molar-refractivity contribution in [2.75, 3.05) is 31.2 Å². The number of amides is 1. The lowest BCUT2D eigenvalue weighted by molar-refractivity contribution is -0.385. The highest BCUT2D eigenvalue weighted by molar-refractivity contribution is 5.76. The normalized spacial score (nSPS) is 14.1. The van der Waals surface area contributed by atoms with E-state index in [1.165, 1.54) is 18.2 Å². The molecule has 0 spiro atoms. The minimum Gasteiger partial charge on any atom is -0.501 e. The number of ether oxygens (including phenoxy) is 1. The van der Waals surface area contributed by atoms with Crippen molar-refractivity contribution in [3.8, 4) is 11.4 Å². The van der Waals surface area contributed by atoms with Crippen LogP contribution in [0.4, 0.5) is 11.5 Å². The third kappa shape index (κ3) is 3.72. The molecule has 1 aliphatic rings. The van der Waals surface area contributed by atoms with E-state index in [1.807, 2.05) is 4.90 Å². The van der Waals surface area contributed by atoms with E-state index < -0.39 is 27.8 Å². The molecular weight excluding hydrogens is 358 g/mol. The van der Waals surface area contributed by atoms with Gasteiger partial charge in [-0.2, -0.15) is 0 Å². The molecule has 1 amide bonds. The number of benzene rings is 1. The van der Waals surface area contributed by atoms with Gasteiger partial charge in [-0.3, -0.25) is 24.3 Å². The van der Waals surface area contributed by atoms with Crippen molar-refractivity contribution in [1.29, 1.82) is 0 Å². The van der Waals surface area contributed by atoms with E-state index in [1.54, 1.807) is 0 Å². The van der Waals surface area contributed by atoms with Gasteiger partial charge in [0.05, 0.1) is 30.2 Å². The van der Waals surface area contributed by atoms with Gasteiger partial charge in [0.1, 0.15) is 11.6 Å². The Hall–Kier alpha value is -3.47. The number of carbonyl (C=O) groups is 1. The molecule has 0 unspecified atom stereocenters. The Morgan fingerprint density at radius 1 is 1.37 bits per heavy atom. The Kier molecular flexibility index (Phi) is 5.03. The van der Waals surface area contributed by atoms with Gasteiger partial charge in [-0.25, -0.2) is 4.98 Å². The molecule has 142 valence electrons. The van der Waals surface area contributed by atoms with Crippen LogP contribution in [0.5, 0.6) is 5.75 Å². The number of primary amides is 1. The van der Waals surface area contributed by atoms with E-state index in [9.17, 15) is 24.8 Å². The average Bonchev–Trinajstić information content (AvgIpc) is 2.62. The van der Waals surface area contributed by atoms with Crippen molar-refractivity contribution >= 4 is 17.4 Å². The van der Waals surface area contributed by atoms with Crippen LogP contribution >= 0.6 is 0 Å². The zero-order valence-electron chi connectivity index (χ0n) is 14.2. The molecule has 0 radical (unpaired) electrons. The minimum atomic E-state index is -0.771. The first-order valence-electron chi connectivity index (χ1n) is 8.09. The Labute approximate surface area is 152 Å². The molecule has 3 N–H and O–H groups in total. The molecule has 27 heavy (non-hydrogen) atoms.